The van der Waals surface area contributed by atoms with Gasteiger partial charge in [0.1, 0.15) is 6.54 Å². The molecule has 0 unspecified atom stereocenters. The van der Waals surface area contributed by atoms with Crippen LogP contribution in [-0.4, -0.2) is 36.4 Å². The lowest BCUT2D eigenvalue weighted by molar-refractivity contribution is -0.919. The lowest BCUT2D eigenvalue weighted by Gasteiger charge is -2.36. The third-order valence-electron chi connectivity index (χ3n) is 2.62. The molecule has 78 valence electrons. The first-order valence-electron chi connectivity index (χ1n) is 5.44. The van der Waals surface area contributed by atoms with Crippen LogP contribution in [0.4, 0.5) is 0 Å². The van der Waals surface area contributed by atoms with Gasteiger partial charge in [-0.15, -0.1) is 0 Å². The highest BCUT2D eigenvalue weighted by Gasteiger charge is 2.24. The van der Waals surface area contributed by atoms with Crippen LogP contribution >= 0.6 is 0 Å². The molecule has 2 nitrogen and oxygen atoms in total. The zero-order chi connectivity index (χ0) is 10.3. The van der Waals surface area contributed by atoms with E-state index in [1.807, 2.05) is 0 Å². The fourth-order valence-corrected chi connectivity index (χ4v) is 2.12. The van der Waals surface area contributed by atoms with Gasteiger partial charge in [0.25, 0.3) is 0 Å². The summed E-state index contributed by atoms with van der Waals surface area (Å²) in [6, 6.07) is 0. The first-order valence-corrected chi connectivity index (χ1v) is 5.44. The fraction of sp³-hybridized carbons (Fsp3) is 0.909. The number of rotatable bonds is 7. The number of carbonyl (C=O) groups excluding carboxylic acids is 1. The highest BCUT2D eigenvalue weighted by molar-refractivity contribution is 5.76. The summed E-state index contributed by atoms with van der Waals surface area (Å²) in [6.45, 7) is 12.4. The van der Waals surface area contributed by atoms with Crippen LogP contribution < -0.4 is 0 Å². The normalized spacial score (nSPS) is 11.7. The Morgan fingerprint density at radius 1 is 1.08 bits per heavy atom. The molecule has 0 aliphatic rings. The van der Waals surface area contributed by atoms with Crippen LogP contribution in [0.1, 0.15) is 40.5 Å². The van der Waals surface area contributed by atoms with Crippen molar-refractivity contribution in [2.24, 2.45) is 0 Å². The van der Waals surface area contributed by atoms with Crippen molar-refractivity contribution in [3.63, 3.8) is 0 Å². The van der Waals surface area contributed by atoms with Crippen molar-refractivity contribution in [1.82, 2.24) is 0 Å². The predicted octanol–water partition coefficient (Wildman–Crippen LogP) is 2.23. The van der Waals surface area contributed by atoms with E-state index in [1.165, 1.54) is 12.8 Å². The van der Waals surface area contributed by atoms with Gasteiger partial charge in [-0.3, -0.25) is 4.79 Å². The summed E-state index contributed by atoms with van der Waals surface area (Å²) in [5, 5.41) is 0. The minimum absolute atomic E-state index is 0.323. The highest BCUT2D eigenvalue weighted by Crippen LogP contribution is 2.09. The summed E-state index contributed by atoms with van der Waals surface area (Å²) in [4.78, 5) is 11.2. The SMILES string of the molecule is CCC[N+](CC)(CCC)CC(C)=O. The molecule has 0 aromatic carbocycles. The molecule has 0 aliphatic carbocycles. The van der Waals surface area contributed by atoms with Gasteiger partial charge >= 0.3 is 0 Å². The minimum Gasteiger partial charge on any atom is -0.318 e. The molecular weight excluding hydrogens is 162 g/mol. The molecule has 0 N–H and O–H groups in total. The van der Waals surface area contributed by atoms with Gasteiger partial charge < -0.3 is 4.48 Å². The van der Waals surface area contributed by atoms with E-state index >= 15 is 0 Å². The average Bonchev–Trinajstić information content (AvgIpc) is 2.04. The quantitative estimate of drug-likeness (QED) is 0.557. The number of hydrogen-bond acceptors (Lipinski definition) is 1. The maximum absolute atomic E-state index is 11.2. The van der Waals surface area contributed by atoms with E-state index in [1.54, 1.807) is 6.92 Å². The third kappa shape index (κ3) is 4.41. The number of carbonyl (C=O) groups is 1. The van der Waals surface area contributed by atoms with Gasteiger partial charge in [0.2, 0.25) is 0 Å². The second-order valence-electron chi connectivity index (χ2n) is 3.97. The van der Waals surface area contributed by atoms with Crippen molar-refractivity contribution in [2.75, 3.05) is 26.2 Å². The van der Waals surface area contributed by atoms with E-state index in [4.69, 9.17) is 0 Å². The second-order valence-corrected chi connectivity index (χ2v) is 3.97. The van der Waals surface area contributed by atoms with Gasteiger partial charge in [-0.05, 0) is 19.8 Å². The number of Topliss-reactive ketones (excluding diaryl/α,β-unsaturated/α-hetero) is 1. The summed E-state index contributed by atoms with van der Waals surface area (Å²) in [5.74, 6) is 0.323. The van der Waals surface area contributed by atoms with Crippen molar-refractivity contribution in [2.45, 2.75) is 40.5 Å². The number of likely N-dealkylation sites (N-methyl/N-ethyl adjacent to an activating group) is 1. The Bertz CT molecular complexity index is 148. The Morgan fingerprint density at radius 3 is 1.77 bits per heavy atom. The smallest absolute Gasteiger partial charge is 0.183 e. The molecule has 0 radical (unpaired) electrons. The summed E-state index contributed by atoms with van der Waals surface area (Å²) in [7, 11) is 0. The van der Waals surface area contributed by atoms with E-state index in [0.29, 0.717) is 5.78 Å². The van der Waals surface area contributed by atoms with Crippen molar-refractivity contribution >= 4 is 5.78 Å². The topological polar surface area (TPSA) is 17.1 Å². The first-order chi connectivity index (χ1) is 6.10. The molecule has 0 aromatic heterocycles. The first kappa shape index (κ1) is 12.6. The van der Waals surface area contributed by atoms with Gasteiger partial charge in [-0.25, -0.2) is 0 Å². The molecule has 0 aliphatic heterocycles. The number of nitrogens with zero attached hydrogens (tertiary/aromatic N) is 1. The Kier molecular flexibility index (Phi) is 5.97. The van der Waals surface area contributed by atoms with Crippen molar-refractivity contribution < 1.29 is 9.28 Å². The van der Waals surface area contributed by atoms with Crippen molar-refractivity contribution in [3.8, 4) is 0 Å². The summed E-state index contributed by atoms with van der Waals surface area (Å²) < 4.78 is 0.988. The molecule has 0 spiro atoms. The van der Waals surface area contributed by atoms with Crippen molar-refractivity contribution in [3.05, 3.63) is 0 Å². The zero-order valence-electron chi connectivity index (χ0n) is 9.60. The third-order valence-corrected chi connectivity index (χ3v) is 2.62. The molecule has 0 saturated heterocycles. The van der Waals surface area contributed by atoms with Gasteiger partial charge in [-0.2, -0.15) is 0 Å². The average molecular weight is 186 g/mol. The molecule has 0 atom stereocenters. The molecule has 0 fully saturated rings. The molecule has 0 saturated carbocycles. The molecule has 13 heavy (non-hydrogen) atoms. The molecule has 2 heteroatoms. The maximum Gasteiger partial charge on any atom is 0.183 e. The van der Waals surface area contributed by atoms with Gasteiger partial charge in [0.05, 0.1) is 19.6 Å². The van der Waals surface area contributed by atoms with Crippen LogP contribution in [-0.2, 0) is 4.79 Å². The molecule has 0 amide bonds. The van der Waals surface area contributed by atoms with E-state index in [0.717, 1.165) is 30.7 Å². The Hall–Kier alpha value is -0.370. The monoisotopic (exact) mass is 186 g/mol. The van der Waals surface area contributed by atoms with Gasteiger partial charge in [-0.1, -0.05) is 13.8 Å². The van der Waals surface area contributed by atoms with Crippen LogP contribution in [0.3, 0.4) is 0 Å². The van der Waals surface area contributed by atoms with Crippen LogP contribution in [0.5, 0.6) is 0 Å². The summed E-state index contributed by atoms with van der Waals surface area (Å²) in [6.07, 6.45) is 2.34. The molecule has 0 rings (SSSR count). The van der Waals surface area contributed by atoms with Crippen molar-refractivity contribution in [1.29, 1.82) is 0 Å². The Balaban J connectivity index is 4.33. The standard InChI is InChI=1S/C11H24NO/c1-5-8-12(7-3,9-6-2)10-11(4)13/h5-10H2,1-4H3/q+1. The Labute approximate surface area is 82.5 Å². The van der Waals surface area contributed by atoms with Crippen LogP contribution in [0, 0.1) is 0 Å². The molecule has 0 aromatic rings. The number of ketones is 1. The van der Waals surface area contributed by atoms with E-state index < -0.39 is 0 Å². The lowest BCUT2D eigenvalue weighted by atomic mass is 10.2. The Morgan fingerprint density at radius 2 is 1.54 bits per heavy atom. The zero-order valence-corrected chi connectivity index (χ0v) is 9.60. The molecule has 0 bridgehead atoms. The lowest BCUT2D eigenvalue weighted by Crippen LogP contribution is -2.51. The van der Waals surface area contributed by atoms with Gasteiger partial charge in [0.15, 0.2) is 5.78 Å². The fourth-order valence-electron chi connectivity index (χ4n) is 2.12. The van der Waals surface area contributed by atoms with E-state index in [2.05, 4.69) is 20.8 Å². The summed E-state index contributed by atoms with van der Waals surface area (Å²) >= 11 is 0. The molecule has 0 heterocycles. The van der Waals surface area contributed by atoms with E-state index in [-0.39, 0.29) is 0 Å². The predicted molar refractivity (Wildman–Crippen MR) is 56.7 cm³/mol. The number of quaternary nitrogens is 1. The van der Waals surface area contributed by atoms with Gasteiger partial charge in [0, 0.05) is 6.92 Å². The number of hydrogen-bond donors (Lipinski definition) is 0. The van der Waals surface area contributed by atoms with Crippen LogP contribution in [0.2, 0.25) is 0 Å². The van der Waals surface area contributed by atoms with E-state index in [9.17, 15) is 4.79 Å². The highest BCUT2D eigenvalue weighted by atomic mass is 16.1. The maximum atomic E-state index is 11.2. The van der Waals surface area contributed by atoms with Crippen LogP contribution in [0.15, 0.2) is 0 Å². The summed E-state index contributed by atoms with van der Waals surface area (Å²) in [5.41, 5.74) is 0. The minimum atomic E-state index is 0.323. The van der Waals surface area contributed by atoms with Crippen LogP contribution in [0.25, 0.3) is 0 Å². The largest absolute Gasteiger partial charge is 0.318 e. The second kappa shape index (κ2) is 6.14. The molecular formula is C11H24NO+.